The second-order valence-electron chi connectivity index (χ2n) is 8.56. The Labute approximate surface area is 117 Å². The molecule has 3 nitrogen and oxygen atoms in total. The van der Waals surface area contributed by atoms with E-state index in [0.717, 1.165) is 0 Å². The van der Waals surface area contributed by atoms with Crippen LogP contribution in [0, 0.1) is 0 Å². The highest BCUT2D eigenvalue weighted by Gasteiger charge is 2.39. The van der Waals surface area contributed by atoms with Crippen LogP contribution in [0.3, 0.4) is 0 Å². The first-order valence-corrected chi connectivity index (χ1v) is 17.4. The maximum Gasteiger partial charge on any atom is 0.122 e. The standard InChI is InChI=1S/C12H33N3Si3/c1-16(2,3)13-10-14(17(4,5)6)12-15(11-13)18(7,8)9/h10-12H2,1-9H3. The van der Waals surface area contributed by atoms with Crippen molar-refractivity contribution in [3.05, 3.63) is 0 Å². The van der Waals surface area contributed by atoms with E-state index in [4.69, 9.17) is 0 Å². The Hall–Kier alpha value is 0.531. The van der Waals surface area contributed by atoms with Gasteiger partial charge < -0.3 is 13.7 Å². The molecule has 1 saturated heterocycles. The zero-order valence-corrected chi connectivity index (χ0v) is 17.0. The summed E-state index contributed by atoms with van der Waals surface area (Å²) in [6.07, 6.45) is 0. The van der Waals surface area contributed by atoms with Crippen molar-refractivity contribution in [2.24, 2.45) is 0 Å². The average Bonchev–Trinajstić information content (AvgIpc) is 2.13. The van der Waals surface area contributed by atoms with E-state index in [0.29, 0.717) is 0 Å². The minimum atomic E-state index is -1.20. The Morgan fingerprint density at radius 1 is 0.444 bits per heavy atom. The third-order valence-electron chi connectivity index (χ3n) is 3.87. The lowest BCUT2D eigenvalue weighted by molar-refractivity contribution is 0.107. The van der Waals surface area contributed by atoms with Crippen molar-refractivity contribution in [2.75, 3.05) is 20.0 Å². The van der Waals surface area contributed by atoms with E-state index in [9.17, 15) is 0 Å². The van der Waals surface area contributed by atoms with E-state index >= 15 is 0 Å². The zero-order chi connectivity index (χ0) is 14.4. The van der Waals surface area contributed by atoms with Crippen molar-refractivity contribution in [3.63, 3.8) is 0 Å². The molecule has 0 aliphatic carbocycles. The molecule has 0 spiro atoms. The Morgan fingerprint density at radius 2 is 0.611 bits per heavy atom. The van der Waals surface area contributed by atoms with Gasteiger partial charge in [-0.25, -0.2) is 0 Å². The molecule has 0 bridgehead atoms. The van der Waals surface area contributed by atoms with Gasteiger partial charge in [0.2, 0.25) is 0 Å². The summed E-state index contributed by atoms with van der Waals surface area (Å²) in [7, 11) is -3.61. The molecule has 1 rings (SSSR count). The van der Waals surface area contributed by atoms with Gasteiger partial charge in [0.25, 0.3) is 0 Å². The van der Waals surface area contributed by atoms with Gasteiger partial charge in [-0.2, -0.15) is 0 Å². The van der Waals surface area contributed by atoms with Crippen molar-refractivity contribution >= 4 is 24.7 Å². The highest BCUT2D eigenvalue weighted by molar-refractivity contribution is 6.76. The highest BCUT2D eigenvalue weighted by atomic mass is 28.3. The minimum absolute atomic E-state index is 1.20. The molecule has 0 atom stereocenters. The van der Waals surface area contributed by atoms with Gasteiger partial charge in [0.1, 0.15) is 24.7 Å². The molecule has 0 aromatic carbocycles. The van der Waals surface area contributed by atoms with Crippen molar-refractivity contribution < 1.29 is 0 Å². The molecule has 18 heavy (non-hydrogen) atoms. The molecular formula is C12H33N3Si3. The average molecular weight is 304 g/mol. The Balaban J connectivity index is 2.93. The van der Waals surface area contributed by atoms with Crippen molar-refractivity contribution in [3.8, 4) is 0 Å². The van der Waals surface area contributed by atoms with Gasteiger partial charge in [0.05, 0.1) is 0 Å². The first-order chi connectivity index (χ1) is 7.82. The first kappa shape index (κ1) is 16.6. The fourth-order valence-corrected chi connectivity index (χ4v) is 6.02. The van der Waals surface area contributed by atoms with Crippen molar-refractivity contribution in [1.82, 2.24) is 13.7 Å². The predicted octanol–water partition coefficient (Wildman–Crippen LogP) is 3.28. The molecule has 0 radical (unpaired) electrons. The molecule has 0 saturated carbocycles. The molecule has 1 fully saturated rings. The third-order valence-corrected chi connectivity index (χ3v) is 10.4. The van der Waals surface area contributed by atoms with E-state index in [2.05, 4.69) is 72.6 Å². The van der Waals surface area contributed by atoms with Crippen LogP contribution in [0.5, 0.6) is 0 Å². The van der Waals surface area contributed by atoms with Crippen molar-refractivity contribution in [1.29, 1.82) is 0 Å². The van der Waals surface area contributed by atoms with E-state index in [1.165, 1.54) is 20.0 Å². The third kappa shape index (κ3) is 4.28. The van der Waals surface area contributed by atoms with E-state index in [-0.39, 0.29) is 0 Å². The summed E-state index contributed by atoms with van der Waals surface area (Å²) < 4.78 is 8.31. The van der Waals surface area contributed by atoms with Gasteiger partial charge in [-0.3, -0.25) is 0 Å². The van der Waals surface area contributed by atoms with E-state index in [1.54, 1.807) is 0 Å². The topological polar surface area (TPSA) is 9.72 Å². The molecule has 0 aromatic heterocycles. The van der Waals surface area contributed by atoms with Crippen LogP contribution in [0.1, 0.15) is 0 Å². The molecule has 6 heteroatoms. The fourth-order valence-electron chi connectivity index (χ4n) is 2.03. The van der Waals surface area contributed by atoms with Gasteiger partial charge in [-0.15, -0.1) is 0 Å². The Bertz CT molecular complexity index is 235. The smallest absolute Gasteiger partial charge is 0.122 e. The van der Waals surface area contributed by atoms with Gasteiger partial charge in [0, 0.05) is 20.0 Å². The van der Waals surface area contributed by atoms with Gasteiger partial charge in [-0.05, 0) is 0 Å². The zero-order valence-electron chi connectivity index (χ0n) is 14.0. The number of hydrogen-bond acceptors (Lipinski definition) is 3. The predicted molar refractivity (Wildman–Crippen MR) is 90.2 cm³/mol. The van der Waals surface area contributed by atoms with Gasteiger partial charge in [-0.1, -0.05) is 58.9 Å². The highest BCUT2D eigenvalue weighted by Crippen LogP contribution is 2.24. The monoisotopic (exact) mass is 303 g/mol. The fraction of sp³-hybridized carbons (Fsp3) is 1.00. The number of nitrogens with zero attached hydrogens (tertiary/aromatic N) is 3. The molecule has 0 unspecified atom stereocenters. The second kappa shape index (κ2) is 5.14. The lowest BCUT2D eigenvalue weighted by Gasteiger charge is -2.54. The molecule has 0 amide bonds. The van der Waals surface area contributed by atoms with E-state index < -0.39 is 24.7 Å². The summed E-state index contributed by atoms with van der Waals surface area (Å²) in [4.78, 5) is 0. The van der Waals surface area contributed by atoms with Gasteiger partial charge in [0.15, 0.2) is 0 Å². The molecular weight excluding hydrogens is 270 g/mol. The summed E-state index contributed by atoms with van der Waals surface area (Å²) >= 11 is 0. The van der Waals surface area contributed by atoms with Crippen LogP contribution in [0.15, 0.2) is 0 Å². The van der Waals surface area contributed by atoms with Gasteiger partial charge >= 0.3 is 0 Å². The van der Waals surface area contributed by atoms with Crippen LogP contribution in [-0.4, -0.2) is 58.4 Å². The minimum Gasteiger partial charge on any atom is -0.301 e. The van der Waals surface area contributed by atoms with Crippen LogP contribution in [-0.2, 0) is 0 Å². The SMILES string of the molecule is C[Si](C)(C)N1CN([Si](C)(C)C)CN([Si](C)(C)C)C1. The molecule has 1 aliphatic rings. The van der Waals surface area contributed by atoms with Crippen LogP contribution in [0.4, 0.5) is 0 Å². The summed E-state index contributed by atoms with van der Waals surface area (Å²) in [6, 6.07) is 0. The lowest BCUT2D eigenvalue weighted by atomic mass is 10.8. The summed E-state index contributed by atoms with van der Waals surface area (Å²) in [5.41, 5.74) is 0. The largest absolute Gasteiger partial charge is 0.301 e. The molecule has 1 aliphatic heterocycles. The van der Waals surface area contributed by atoms with Crippen LogP contribution in [0.25, 0.3) is 0 Å². The second-order valence-corrected chi connectivity index (χ2v) is 23.5. The quantitative estimate of drug-likeness (QED) is 0.741. The van der Waals surface area contributed by atoms with Crippen LogP contribution >= 0.6 is 0 Å². The maximum absolute atomic E-state index is 2.77. The first-order valence-electron chi connectivity index (χ1n) is 7.07. The Kier molecular flexibility index (Phi) is 4.74. The van der Waals surface area contributed by atoms with Crippen molar-refractivity contribution in [2.45, 2.75) is 58.9 Å². The number of rotatable bonds is 3. The van der Waals surface area contributed by atoms with Crippen LogP contribution in [0.2, 0.25) is 58.9 Å². The normalized spacial score (nSPS) is 22.5. The molecule has 0 aromatic rings. The van der Waals surface area contributed by atoms with E-state index in [1.807, 2.05) is 0 Å². The molecule has 0 N–H and O–H groups in total. The summed E-state index contributed by atoms with van der Waals surface area (Å²) in [5.74, 6) is 0. The lowest BCUT2D eigenvalue weighted by Crippen LogP contribution is -2.70. The van der Waals surface area contributed by atoms with Crippen LogP contribution < -0.4 is 0 Å². The number of hydrogen-bond donors (Lipinski definition) is 0. The Morgan fingerprint density at radius 3 is 0.722 bits per heavy atom. The molecule has 108 valence electrons. The summed E-state index contributed by atoms with van der Waals surface area (Å²) in [6.45, 7) is 25.9. The summed E-state index contributed by atoms with van der Waals surface area (Å²) in [5, 5.41) is 0. The maximum atomic E-state index is 2.77. The molecule has 1 heterocycles.